The average molecular weight is 278 g/mol. The Labute approximate surface area is 84.1 Å². The molecule has 0 spiro atoms. The summed E-state index contributed by atoms with van der Waals surface area (Å²) in [6, 6.07) is 4.41. The number of rotatable bonds is 2. The van der Waals surface area contributed by atoms with E-state index in [4.69, 9.17) is 0 Å². The van der Waals surface area contributed by atoms with Gasteiger partial charge in [-0.05, 0) is 40.8 Å². The maximum absolute atomic E-state index is 12.7. The maximum Gasteiger partial charge on any atom is 0.162 e. The number of carbonyl (C=O) groups is 1. The van der Waals surface area contributed by atoms with Gasteiger partial charge in [-0.3, -0.25) is 4.79 Å². The Kier molecular flexibility index (Phi) is 3.20. The highest BCUT2D eigenvalue weighted by atomic mass is 127. The molecule has 0 bridgehead atoms. The Morgan fingerprint density at radius 2 is 2.25 bits per heavy atom. The summed E-state index contributed by atoms with van der Waals surface area (Å²) in [6.07, 6.45) is 0.460. The molecule has 1 aromatic rings. The van der Waals surface area contributed by atoms with E-state index >= 15 is 0 Å². The minimum Gasteiger partial charge on any atom is -0.294 e. The third-order valence-corrected chi connectivity index (χ3v) is 2.39. The number of hydrogen-bond acceptors (Lipinski definition) is 1. The van der Waals surface area contributed by atoms with E-state index < -0.39 is 0 Å². The smallest absolute Gasteiger partial charge is 0.162 e. The summed E-state index contributed by atoms with van der Waals surface area (Å²) >= 11 is 1.87. The molecule has 0 heterocycles. The quantitative estimate of drug-likeness (QED) is 0.600. The maximum atomic E-state index is 12.7. The Balaban J connectivity index is 3.05. The van der Waals surface area contributed by atoms with Crippen LogP contribution >= 0.6 is 22.6 Å². The van der Waals surface area contributed by atoms with Gasteiger partial charge in [-0.25, -0.2) is 4.39 Å². The van der Waals surface area contributed by atoms with Gasteiger partial charge in [0.05, 0.1) is 0 Å². The molecular weight excluding hydrogens is 270 g/mol. The zero-order valence-electron chi connectivity index (χ0n) is 6.60. The molecule has 0 aliphatic heterocycles. The van der Waals surface area contributed by atoms with Crippen molar-refractivity contribution < 1.29 is 9.18 Å². The monoisotopic (exact) mass is 278 g/mol. The molecule has 3 heteroatoms. The Bertz CT molecular complexity index is 309. The van der Waals surface area contributed by atoms with E-state index in [-0.39, 0.29) is 11.6 Å². The first kappa shape index (κ1) is 9.64. The molecular formula is C9H8FIO. The largest absolute Gasteiger partial charge is 0.294 e. The predicted octanol–water partition coefficient (Wildman–Crippen LogP) is 3.02. The third kappa shape index (κ3) is 2.03. The lowest BCUT2D eigenvalue weighted by molar-refractivity contribution is 0.0988. The van der Waals surface area contributed by atoms with Crippen LogP contribution in [0.4, 0.5) is 4.39 Å². The summed E-state index contributed by atoms with van der Waals surface area (Å²) in [6.45, 7) is 1.79. The van der Waals surface area contributed by atoms with E-state index in [0.29, 0.717) is 15.6 Å². The molecule has 1 aromatic carbocycles. The van der Waals surface area contributed by atoms with Crippen LogP contribution in [-0.2, 0) is 0 Å². The van der Waals surface area contributed by atoms with E-state index in [0.717, 1.165) is 0 Å². The normalized spacial score (nSPS) is 9.92. The average Bonchev–Trinajstić information content (AvgIpc) is 2.08. The van der Waals surface area contributed by atoms with Crippen LogP contribution in [0.3, 0.4) is 0 Å². The molecule has 0 aromatic heterocycles. The molecule has 1 rings (SSSR count). The number of benzene rings is 1. The van der Waals surface area contributed by atoms with Gasteiger partial charge in [0.1, 0.15) is 5.82 Å². The highest BCUT2D eigenvalue weighted by Gasteiger charge is 2.05. The molecule has 0 atom stereocenters. The van der Waals surface area contributed by atoms with Crippen LogP contribution in [-0.4, -0.2) is 5.78 Å². The fourth-order valence-electron chi connectivity index (χ4n) is 0.874. The molecule has 0 N–H and O–H groups in total. The summed E-state index contributed by atoms with van der Waals surface area (Å²) in [7, 11) is 0. The summed E-state index contributed by atoms with van der Waals surface area (Å²) in [5.41, 5.74) is 0.586. The van der Waals surface area contributed by atoms with Gasteiger partial charge in [-0.15, -0.1) is 0 Å². The number of halogens is 2. The molecule has 0 saturated carbocycles. The standard InChI is InChI=1S/C9H8FIO/c1-2-9(12)6-3-4-7(10)8(11)5-6/h3-5H,2H2,1H3. The van der Waals surface area contributed by atoms with Crippen LogP contribution in [0, 0.1) is 9.39 Å². The molecule has 0 amide bonds. The summed E-state index contributed by atoms with van der Waals surface area (Å²) in [4.78, 5) is 11.2. The van der Waals surface area contributed by atoms with Crippen molar-refractivity contribution in [2.45, 2.75) is 13.3 Å². The molecule has 0 radical (unpaired) electrons. The van der Waals surface area contributed by atoms with Gasteiger partial charge in [-0.1, -0.05) is 6.92 Å². The van der Waals surface area contributed by atoms with Gasteiger partial charge in [0.15, 0.2) is 5.78 Å². The van der Waals surface area contributed by atoms with Crippen molar-refractivity contribution in [3.05, 3.63) is 33.1 Å². The van der Waals surface area contributed by atoms with Gasteiger partial charge in [0.25, 0.3) is 0 Å². The van der Waals surface area contributed by atoms with Crippen molar-refractivity contribution in [3.63, 3.8) is 0 Å². The molecule has 0 fully saturated rings. The van der Waals surface area contributed by atoms with Crippen LogP contribution in [0.25, 0.3) is 0 Å². The predicted molar refractivity (Wildman–Crippen MR) is 53.7 cm³/mol. The van der Waals surface area contributed by atoms with Crippen LogP contribution in [0.2, 0.25) is 0 Å². The highest BCUT2D eigenvalue weighted by molar-refractivity contribution is 14.1. The van der Waals surface area contributed by atoms with Crippen LogP contribution < -0.4 is 0 Å². The second-order valence-electron chi connectivity index (χ2n) is 2.41. The fourth-order valence-corrected chi connectivity index (χ4v) is 1.39. The number of hydrogen-bond donors (Lipinski definition) is 0. The Hall–Kier alpha value is -0.450. The molecule has 0 saturated heterocycles. The van der Waals surface area contributed by atoms with Crippen LogP contribution in [0.15, 0.2) is 18.2 Å². The minimum atomic E-state index is -0.275. The van der Waals surface area contributed by atoms with Crippen molar-refractivity contribution >= 4 is 28.4 Å². The SMILES string of the molecule is CCC(=O)c1ccc(F)c(I)c1. The third-order valence-electron chi connectivity index (χ3n) is 1.56. The summed E-state index contributed by atoms with van der Waals surface area (Å²) < 4.78 is 13.2. The van der Waals surface area contributed by atoms with Crippen LogP contribution in [0.1, 0.15) is 23.7 Å². The number of ketones is 1. The van der Waals surface area contributed by atoms with Gasteiger partial charge in [0, 0.05) is 15.6 Å². The first-order valence-electron chi connectivity index (χ1n) is 3.63. The molecule has 0 aliphatic carbocycles. The van der Waals surface area contributed by atoms with Gasteiger partial charge in [0.2, 0.25) is 0 Å². The second kappa shape index (κ2) is 3.98. The van der Waals surface area contributed by atoms with Crippen molar-refractivity contribution in [1.82, 2.24) is 0 Å². The van der Waals surface area contributed by atoms with E-state index in [1.807, 2.05) is 22.6 Å². The van der Waals surface area contributed by atoms with Crippen LogP contribution in [0.5, 0.6) is 0 Å². The van der Waals surface area contributed by atoms with Crippen molar-refractivity contribution in [2.75, 3.05) is 0 Å². The zero-order chi connectivity index (χ0) is 9.14. The molecule has 64 valence electrons. The zero-order valence-corrected chi connectivity index (χ0v) is 8.76. The summed E-state index contributed by atoms with van der Waals surface area (Å²) in [5, 5.41) is 0. The topological polar surface area (TPSA) is 17.1 Å². The second-order valence-corrected chi connectivity index (χ2v) is 3.57. The highest BCUT2D eigenvalue weighted by Crippen LogP contribution is 2.13. The first-order chi connectivity index (χ1) is 5.65. The van der Waals surface area contributed by atoms with E-state index in [1.54, 1.807) is 13.0 Å². The molecule has 0 aliphatic rings. The van der Waals surface area contributed by atoms with E-state index in [9.17, 15) is 9.18 Å². The lowest BCUT2D eigenvalue weighted by Crippen LogP contribution is -1.97. The van der Waals surface area contributed by atoms with E-state index in [1.165, 1.54) is 12.1 Å². The fraction of sp³-hybridized carbons (Fsp3) is 0.222. The van der Waals surface area contributed by atoms with Crippen molar-refractivity contribution in [2.24, 2.45) is 0 Å². The van der Waals surface area contributed by atoms with Gasteiger partial charge in [-0.2, -0.15) is 0 Å². The van der Waals surface area contributed by atoms with Crippen molar-refractivity contribution in [1.29, 1.82) is 0 Å². The number of Topliss-reactive ketones (excluding diaryl/α,β-unsaturated/α-hetero) is 1. The molecule has 1 nitrogen and oxygen atoms in total. The minimum absolute atomic E-state index is 0.0490. The lowest BCUT2D eigenvalue weighted by Gasteiger charge is -1.98. The Morgan fingerprint density at radius 3 is 2.75 bits per heavy atom. The van der Waals surface area contributed by atoms with Gasteiger partial charge < -0.3 is 0 Å². The van der Waals surface area contributed by atoms with E-state index in [2.05, 4.69) is 0 Å². The van der Waals surface area contributed by atoms with Gasteiger partial charge >= 0.3 is 0 Å². The molecule has 0 unspecified atom stereocenters. The first-order valence-corrected chi connectivity index (χ1v) is 4.71. The summed E-state index contributed by atoms with van der Waals surface area (Å²) in [5.74, 6) is -0.226. The van der Waals surface area contributed by atoms with Crippen molar-refractivity contribution in [3.8, 4) is 0 Å². The lowest BCUT2D eigenvalue weighted by atomic mass is 10.1. The number of carbonyl (C=O) groups excluding carboxylic acids is 1. The molecule has 12 heavy (non-hydrogen) atoms. The Morgan fingerprint density at radius 1 is 1.58 bits per heavy atom.